The Morgan fingerprint density at radius 1 is 1.48 bits per heavy atom. The topological polar surface area (TPSA) is 100 Å². The largest absolute Gasteiger partial charge is 0.462 e. The van der Waals surface area contributed by atoms with E-state index in [-0.39, 0.29) is 16.9 Å². The molecule has 0 amide bonds. The van der Waals surface area contributed by atoms with Gasteiger partial charge >= 0.3 is 5.97 Å². The first kappa shape index (κ1) is 14.6. The fourth-order valence-corrected chi connectivity index (χ4v) is 1.72. The lowest BCUT2D eigenvalue weighted by Crippen LogP contribution is -2.08. The number of carbonyl (C=O) groups excluding carboxylic acids is 1. The highest BCUT2D eigenvalue weighted by Gasteiger charge is 2.19. The molecule has 0 unspecified atom stereocenters. The minimum absolute atomic E-state index is 0.140. The molecule has 0 fully saturated rings. The van der Waals surface area contributed by atoms with Crippen molar-refractivity contribution >= 4 is 11.7 Å². The summed E-state index contributed by atoms with van der Waals surface area (Å²) in [5.41, 5.74) is 0.148. The van der Waals surface area contributed by atoms with E-state index in [2.05, 4.69) is 10.1 Å². The van der Waals surface area contributed by atoms with Crippen molar-refractivity contribution in [1.29, 1.82) is 0 Å². The number of nitro benzene ring substituents is 1. The van der Waals surface area contributed by atoms with Gasteiger partial charge in [0.05, 0.1) is 17.1 Å². The summed E-state index contributed by atoms with van der Waals surface area (Å²) in [4.78, 5) is 26.1. The van der Waals surface area contributed by atoms with Gasteiger partial charge in [-0.05, 0) is 18.6 Å². The van der Waals surface area contributed by atoms with E-state index in [4.69, 9.17) is 4.74 Å². The lowest BCUT2D eigenvalue weighted by molar-refractivity contribution is -0.384. The quantitative estimate of drug-likeness (QED) is 0.349. The Morgan fingerprint density at radius 2 is 2.29 bits per heavy atom. The molecule has 1 heterocycles. The summed E-state index contributed by atoms with van der Waals surface area (Å²) in [5.74, 6) is -0.573. The van der Waals surface area contributed by atoms with Gasteiger partial charge in [0.1, 0.15) is 18.3 Å². The number of rotatable bonds is 6. The van der Waals surface area contributed by atoms with Crippen molar-refractivity contribution in [2.75, 3.05) is 6.61 Å². The van der Waals surface area contributed by atoms with E-state index in [0.717, 1.165) is 12.8 Å². The number of ether oxygens (including phenoxy) is 1. The third kappa shape index (κ3) is 3.41. The number of unbranched alkanes of at least 4 members (excludes halogenated alkanes) is 1. The maximum absolute atomic E-state index is 11.8. The first-order chi connectivity index (χ1) is 10.1. The Balaban J connectivity index is 2.28. The minimum atomic E-state index is -0.573. The van der Waals surface area contributed by atoms with Crippen LogP contribution in [-0.2, 0) is 4.74 Å². The molecule has 0 spiro atoms. The van der Waals surface area contributed by atoms with Gasteiger partial charge in [-0.15, -0.1) is 0 Å². The van der Waals surface area contributed by atoms with Crippen LogP contribution in [0.1, 0.15) is 30.1 Å². The van der Waals surface area contributed by atoms with E-state index in [1.54, 1.807) is 0 Å². The van der Waals surface area contributed by atoms with Crippen molar-refractivity contribution in [2.45, 2.75) is 19.8 Å². The van der Waals surface area contributed by atoms with E-state index in [1.165, 1.54) is 35.5 Å². The summed E-state index contributed by atoms with van der Waals surface area (Å²) in [6.45, 7) is 2.28. The van der Waals surface area contributed by atoms with Crippen LogP contribution in [0.25, 0.3) is 5.69 Å². The molecule has 0 N–H and O–H groups in total. The molecule has 0 bridgehead atoms. The highest BCUT2D eigenvalue weighted by molar-refractivity contribution is 5.90. The molecule has 8 heteroatoms. The van der Waals surface area contributed by atoms with Crippen molar-refractivity contribution in [3.8, 4) is 5.69 Å². The lowest BCUT2D eigenvalue weighted by atomic mass is 10.1. The van der Waals surface area contributed by atoms with E-state index in [1.807, 2.05) is 6.92 Å². The number of esters is 1. The van der Waals surface area contributed by atoms with Gasteiger partial charge in [0.25, 0.3) is 5.69 Å². The summed E-state index contributed by atoms with van der Waals surface area (Å²) in [7, 11) is 0. The summed E-state index contributed by atoms with van der Waals surface area (Å²) in [5, 5.41) is 15.0. The molecule has 0 radical (unpaired) electrons. The molecular formula is C13H14N4O4. The number of hydrogen-bond acceptors (Lipinski definition) is 6. The van der Waals surface area contributed by atoms with Crippen molar-refractivity contribution in [3.63, 3.8) is 0 Å². The third-order valence-corrected chi connectivity index (χ3v) is 2.80. The van der Waals surface area contributed by atoms with Gasteiger partial charge in [0.2, 0.25) is 0 Å². The monoisotopic (exact) mass is 290 g/mol. The van der Waals surface area contributed by atoms with Gasteiger partial charge in [-0.3, -0.25) is 10.1 Å². The number of hydrogen-bond donors (Lipinski definition) is 0. The molecule has 1 aromatic heterocycles. The summed E-state index contributed by atoms with van der Waals surface area (Å²) in [6, 6.07) is 4.10. The molecule has 2 rings (SSSR count). The van der Waals surface area contributed by atoms with Gasteiger partial charge in [-0.1, -0.05) is 13.3 Å². The number of nitrogens with zero attached hydrogens (tertiary/aromatic N) is 4. The van der Waals surface area contributed by atoms with E-state index < -0.39 is 10.9 Å². The van der Waals surface area contributed by atoms with Crippen molar-refractivity contribution in [1.82, 2.24) is 14.8 Å². The normalized spacial score (nSPS) is 10.3. The fourth-order valence-electron chi connectivity index (χ4n) is 1.72. The molecule has 0 aliphatic rings. The van der Waals surface area contributed by atoms with E-state index >= 15 is 0 Å². The van der Waals surface area contributed by atoms with Crippen LogP contribution in [0, 0.1) is 10.1 Å². The maximum atomic E-state index is 11.8. The third-order valence-electron chi connectivity index (χ3n) is 2.80. The fraction of sp³-hybridized carbons (Fsp3) is 0.308. The predicted octanol–water partition coefficient (Wildman–Crippen LogP) is 2.13. The molecule has 0 aliphatic carbocycles. The van der Waals surface area contributed by atoms with Crippen molar-refractivity contribution in [2.24, 2.45) is 0 Å². The smallest absolute Gasteiger partial charge is 0.338 e. The average Bonchev–Trinajstić information content (AvgIpc) is 3.00. The maximum Gasteiger partial charge on any atom is 0.338 e. The Morgan fingerprint density at radius 3 is 2.90 bits per heavy atom. The van der Waals surface area contributed by atoms with Gasteiger partial charge in [0.15, 0.2) is 0 Å². The number of nitro groups is 1. The van der Waals surface area contributed by atoms with Crippen LogP contribution < -0.4 is 0 Å². The second-order valence-corrected chi connectivity index (χ2v) is 4.29. The lowest BCUT2D eigenvalue weighted by Gasteiger charge is -2.06. The highest BCUT2D eigenvalue weighted by atomic mass is 16.6. The molecule has 110 valence electrons. The van der Waals surface area contributed by atoms with Crippen LogP contribution in [0.3, 0.4) is 0 Å². The van der Waals surface area contributed by atoms with Crippen molar-refractivity contribution < 1.29 is 14.5 Å². The average molecular weight is 290 g/mol. The van der Waals surface area contributed by atoms with Crippen LogP contribution in [0.2, 0.25) is 0 Å². The molecule has 0 aliphatic heterocycles. The summed E-state index contributed by atoms with van der Waals surface area (Å²) in [6.07, 6.45) is 4.28. The molecule has 0 saturated carbocycles. The van der Waals surface area contributed by atoms with E-state index in [0.29, 0.717) is 6.61 Å². The van der Waals surface area contributed by atoms with Gasteiger partial charge < -0.3 is 4.74 Å². The van der Waals surface area contributed by atoms with Crippen LogP contribution >= 0.6 is 0 Å². The molecule has 0 saturated heterocycles. The molecular weight excluding hydrogens is 276 g/mol. The standard InChI is InChI=1S/C13H14N4O4/c1-2-3-6-21-13(18)10-4-5-11(12(7-10)17(19)20)16-9-14-8-15-16/h4-5,7-9H,2-3,6H2,1H3. The summed E-state index contributed by atoms with van der Waals surface area (Å²) >= 11 is 0. The molecule has 0 atom stereocenters. The van der Waals surface area contributed by atoms with Crippen molar-refractivity contribution in [3.05, 3.63) is 46.5 Å². The first-order valence-corrected chi connectivity index (χ1v) is 6.44. The Kier molecular flexibility index (Phi) is 4.60. The Hall–Kier alpha value is -2.77. The molecule has 8 nitrogen and oxygen atoms in total. The number of carbonyl (C=O) groups is 1. The van der Waals surface area contributed by atoms with Gasteiger partial charge in [-0.25, -0.2) is 14.5 Å². The van der Waals surface area contributed by atoms with E-state index in [9.17, 15) is 14.9 Å². The molecule has 2 aromatic rings. The molecule has 21 heavy (non-hydrogen) atoms. The Bertz CT molecular complexity index is 640. The van der Waals surface area contributed by atoms with Crippen LogP contribution in [0.4, 0.5) is 5.69 Å². The van der Waals surface area contributed by atoms with Crippen LogP contribution in [0.15, 0.2) is 30.9 Å². The zero-order valence-electron chi connectivity index (χ0n) is 11.4. The zero-order chi connectivity index (χ0) is 15.2. The minimum Gasteiger partial charge on any atom is -0.462 e. The molecule has 1 aromatic carbocycles. The number of benzene rings is 1. The predicted molar refractivity (Wildman–Crippen MR) is 73.2 cm³/mol. The van der Waals surface area contributed by atoms with Gasteiger partial charge in [0, 0.05) is 6.07 Å². The second kappa shape index (κ2) is 6.60. The van der Waals surface area contributed by atoms with Crippen LogP contribution in [0.5, 0.6) is 0 Å². The highest BCUT2D eigenvalue weighted by Crippen LogP contribution is 2.23. The summed E-state index contributed by atoms with van der Waals surface area (Å²) < 4.78 is 6.31. The van der Waals surface area contributed by atoms with Crippen LogP contribution in [-0.4, -0.2) is 32.3 Å². The number of aromatic nitrogens is 3. The SMILES string of the molecule is CCCCOC(=O)c1ccc(-n2cncn2)c([N+](=O)[O-])c1. The second-order valence-electron chi connectivity index (χ2n) is 4.29. The van der Waals surface area contributed by atoms with Gasteiger partial charge in [-0.2, -0.15) is 5.10 Å². The first-order valence-electron chi connectivity index (χ1n) is 6.44. The Labute approximate surface area is 120 Å². The zero-order valence-corrected chi connectivity index (χ0v) is 11.4.